The van der Waals surface area contributed by atoms with Crippen LogP contribution in [0.3, 0.4) is 0 Å². The highest BCUT2D eigenvalue weighted by molar-refractivity contribution is 5.63. The Kier molecular flexibility index (Phi) is 3.80. The molecule has 0 amide bonds. The minimum absolute atomic E-state index is 0.735. The van der Waals surface area contributed by atoms with Gasteiger partial charge in [-0.25, -0.2) is 0 Å². The quantitative estimate of drug-likeness (QED) is 0.680. The summed E-state index contributed by atoms with van der Waals surface area (Å²) in [5.74, 6) is 1.48. The molecule has 1 aromatic carbocycles. The van der Waals surface area contributed by atoms with Gasteiger partial charge in [-0.15, -0.1) is 0 Å². The molecule has 0 aromatic heterocycles. The Morgan fingerprint density at radius 2 is 2.00 bits per heavy atom. The van der Waals surface area contributed by atoms with Gasteiger partial charge in [0.1, 0.15) is 0 Å². The predicted molar refractivity (Wildman–Crippen MR) is 58.8 cm³/mol. The van der Waals surface area contributed by atoms with Crippen molar-refractivity contribution >= 4 is 6.08 Å². The maximum absolute atomic E-state index is 5.25. The fourth-order valence-corrected chi connectivity index (χ4v) is 1.21. The van der Waals surface area contributed by atoms with Crippen LogP contribution in [-0.2, 0) is 0 Å². The molecule has 0 radical (unpaired) electrons. The Balaban J connectivity index is 3.14. The van der Waals surface area contributed by atoms with E-state index < -0.39 is 0 Å². The molecule has 0 unspecified atom stereocenters. The van der Waals surface area contributed by atoms with Crippen molar-refractivity contribution in [2.75, 3.05) is 14.2 Å². The number of para-hydroxylation sites is 1. The van der Waals surface area contributed by atoms with Crippen LogP contribution in [0.1, 0.15) is 5.56 Å². The Labute approximate surface area is 84.5 Å². The minimum Gasteiger partial charge on any atom is -0.493 e. The topological polar surface area (TPSA) is 18.5 Å². The Morgan fingerprint density at radius 1 is 1.21 bits per heavy atom. The van der Waals surface area contributed by atoms with Crippen molar-refractivity contribution in [2.45, 2.75) is 0 Å². The van der Waals surface area contributed by atoms with E-state index in [1.165, 1.54) is 0 Å². The van der Waals surface area contributed by atoms with Crippen LogP contribution in [0.5, 0.6) is 11.5 Å². The Bertz CT molecular complexity index is 340. The van der Waals surface area contributed by atoms with Gasteiger partial charge in [-0.2, -0.15) is 0 Å². The molecule has 0 saturated carbocycles. The molecule has 2 heteroatoms. The van der Waals surface area contributed by atoms with Gasteiger partial charge in [0.2, 0.25) is 0 Å². The summed E-state index contributed by atoms with van der Waals surface area (Å²) >= 11 is 0. The lowest BCUT2D eigenvalue weighted by Gasteiger charge is -2.09. The van der Waals surface area contributed by atoms with Crippen LogP contribution in [-0.4, -0.2) is 14.2 Å². The molecule has 0 N–H and O–H groups in total. The summed E-state index contributed by atoms with van der Waals surface area (Å²) in [5, 5.41) is 0. The van der Waals surface area contributed by atoms with E-state index in [-0.39, 0.29) is 0 Å². The average molecular weight is 190 g/mol. The third-order valence-corrected chi connectivity index (χ3v) is 1.85. The molecule has 1 rings (SSSR count). The van der Waals surface area contributed by atoms with E-state index in [9.17, 15) is 0 Å². The highest BCUT2D eigenvalue weighted by Crippen LogP contribution is 2.31. The van der Waals surface area contributed by atoms with Gasteiger partial charge in [-0.3, -0.25) is 0 Å². The summed E-state index contributed by atoms with van der Waals surface area (Å²) in [6, 6.07) is 5.75. The first-order valence-corrected chi connectivity index (χ1v) is 4.33. The molecule has 1 aromatic rings. The van der Waals surface area contributed by atoms with Gasteiger partial charge in [0, 0.05) is 5.56 Å². The molecule has 2 nitrogen and oxygen atoms in total. The SMILES string of the molecule is C=C/C=C/c1cccc(OC)c1OC. The van der Waals surface area contributed by atoms with Crippen molar-refractivity contribution in [3.63, 3.8) is 0 Å². The van der Waals surface area contributed by atoms with Gasteiger partial charge in [0.15, 0.2) is 11.5 Å². The fourth-order valence-electron chi connectivity index (χ4n) is 1.21. The molecule has 0 fully saturated rings. The molecule has 0 aliphatic rings. The van der Waals surface area contributed by atoms with Crippen molar-refractivity contribution in [2.24, 2.45) is 0 Å². The molecular formula is C12H14O2. The third kappa shape index (κ3) is 2.16. The molecule has 0 saturated heterocycles. The minimum atomic E-state index is 0.735. The number of allylic oxidation sites excluding steroid dienone is 2. The largest absolute Gasteiger partial charge is 0.493 e. The molecule has 74 valence electrons. The second-order valence-corrected chi connectivity index (χ2v) is 2.68. The van der Waals surface area contributed by atoms with Crippen LogP contribution >= 0.6 is 0 Å². The number of rotatable bonds is 4. The number of hydrogen-bond donors (Lipinski definition) is 0. The molecule has 0 heterocycles. The van der Waals surface area contributed by atoms with Crippen LogP contribution in [0, 0.1) is 0 Å². The summed E-state index contributed by atoms with van der Waals surface area (Å²) in [7, 11) is 3.25. The summed E-state index contributed by atoms with van der Waals surface area (Å²) in [6.07, 6.45) is 5.50. The Morgan fingerprint density at radius 3 is 2.57 bits per heavy atom. The van der Waals surface area contributed by atoms with Crippen LogP contribution in [0.25, 0.3) is 6.08 Å². The normalized spacial score (nSPS) is 10.1. The van der Waals surface area contributed by atoms with Gasteiger partial charge in [-0.05, 0) is 6.07 Å². The second-order valence-electron chi connectivity index (χ2n) is 2.68. The lowest BCUT2D eigenvalue weighted by atomic mass is 10.1. The van der Waals surface area contributed by atoms with Crippen LogP contribution in [0.4, 0.5) is 0 Å². The molecule has 0 aliphatic heterocycles. The molecule has 14 heavy (non-hydrogen) atoms. The lowest BCUT2D eigenvalue weighted by Crippen LogP contribution is -1.92. The summed E-state index contributed by atoms with van der Waals surface area (Å²) < 4.78 is 10.4. The van der Waals surface area contributed by atoms with E-state index in [0.29, 0.717) is 0 Å². The zero-order valence-electron chi connectivity index (χ0n) is 8.49. The van der Waals surface area contributed by atoms with E-state index in [0.717, 1.165) is 17.1 Å². The van der Waals surface area contributed by atoms with Gasteiger partial charge >= 0.3 is 0 Å². The lowest BCUT2D eigenvalue weighted by molar-refractivity contribution is 0.354. The predicted octanol–water partition coefficient (Wildman–Crippen LogP) is 2.90. The van der Waals surface area contributed by atoms with Crippen molar-refractivity contribution in [1.82, 2.24) is 0 Å². The van der Waals surface area contributed by atoms with Gasteiger partial charge in [0.25, 0.3) is 0 Å². The molecular weight excluding hydrogens is 176 g/mol. The maximum Gasteiger partial charge on any atom is 0.167 e. The summed E-state index contributed by atoms with van der Waals surface area (Å²) in [5.41, 5.74) is 0.978. The van der Waals surface area contributed by atoms with Crippen molar-refractivity contribution in [3.8, 4) is 11.5 Å². The monoisotopic (exact) mass is 190 g/mol. The molecule has 0 aliphatic carbocycles. The first kappa shape index (κ1) is 10.4. The Hall–Kier alpha value is -1.70. The summed E-state index contributed by atoms with van der Waals surface area (Å²) in [6.45, 7) is 3.61. The van der Waals surface area contributed by atoms with Crippen molar-refractivity contribution in [1.29, 1.82) is 0 Å². The van der Waals surface area contributed by atoms with E-state index in [2.05, 4.69) is 6.58 Å². The third-order valence-electron chi connectivity index (χ3n) is 1.85. The van der Waals surface area contributed by atoms with E-state index in [4.69, 9.17) is 9.47 Å². The number of ether oxygens (including phenoxy) is 2. The van der Waals surface area contributed by atoms with E-state index in [1.807, 2.05) is 30.4 Å². The van der Waals surface area contributed by atoms with Gasteiger partial charge in [-0.1, -0.05) is 36.9 Å². The first-order valence-electron chi connectivity index (χ1n) is 4.33. The number of hydrogen-bond acceptors (Lipinski definition) is 2. The highest BCUT2D eigenvalue weighted by Gasteiger charge is 2.05. The zero-order chi connectivity index (χ0) is 10.4. The van der Waals surface area contributed by atoms with Crippen molar-refractivity contribution in [3.05, 3.63) is 42.5 Å². The zero-order valence-corrected chi connectivity index (χ0v) is 8.49. The molecule has 0 spiro atoms. The smallest absolute Gasteiger partial charge is 0.167 e. The standard InChI is InChI=1S/C12H14O2/c1-4-5-7-10-8-6-9-11(13-2)12(10)14-3/h4-9H,1H2,2-3H3/b7-5+. The van der Waals surface area contributed by atoms with Crippen LogP contribution in [0.15, 0.2) is 36.9 Å². The highest BCUT2D eigenvalue weighted by atomic mass is 16.5. The van der Waals surface area contributed by atoms with Gasteiger partial charge in [0.05, 0.1) is 14.2 Å². The molecule has 0 atom stereocenters. The summed E-state index contributed by atoms with van der Waals surface area (Å²) in [4.78, 5) is 0. The average Bonchev–Trinajstić information content (AvgIpc) is 2.25. The second kappa shape index (κ2) is 5.12. The molecule has 0 bridgehead atoms. The fraction of sp³-hybridized carbons (Fsp3) is 0.167. The van der Waals surface area contributed by atoms with Crippen LogP contribution < -0.4 is 9.47 Å². The van der Waals surface area contributed by atoms with E-state index in [1.54, 1.807) is 20.3 Å². The number of methoxy groups -OCH3 is 2. The van der Waals surface area contributed by atoms with Gasteiger partial charge < -0.3 is 9.47 Å². The first-order chi connectivity index (χ1) is 6.83. The van der Waals surface area contributed by atoms with Crippen LogP contribution in [0.2, 0.25) is 0 Å². The number of benzene rings is 1. The van der Waals surface area contributed by atoms with Crippen molar-refractivity contribution < 1.29 is 9.47 Å². The maximum atomic E-state index is 5.25. The van der Waals surface area contributed by atoms with E-state index >= 15 is 0 Å².